The van der Waals surface area contributed by atoms with Gasteiger partial charge in [0.15, 0.2) is 0 Å². The molecule has 0 bridgehead atoms. The molecule has 1 aliphatic rings. The Morgan fingerprint density at radius 3 is 2.64 bits per heavy atom. The van der Waals surface area contributed by atoms with Gasteiger partial charge < -0.3 is 0 Å². The lowest BCUT2D eigenvalue weighted by Crippen LogP contribution is -2.04. The summed E-state index contributed by atoms with van der Waals surface area (Å²) in [5.74, 6) is 0.820. The van der Waals surface area contributed by atoms with Gasteiger partial charge in [-0.1, -0.05) is 19.8 Å². The lowest BCUT2D eigenvalue weighted by atomic mass is 10.4. The van der Waals surface area contributed by atoms with Crippen LogP contribution in [0.5, 0.6) is 0 Å². The molecular formula is C9H17ClS. The van der Waals surface area contributed by atoms with Crippen LogP contribution in [0.4, 0.5) is 0 Å². The predicted molar refractivity (Wildman–Crippen MR) is 54.6 cm³/mol. The van der Waals surface area contributed by atoms with Gasteiger partial charge in [0.1, 0.15) is 0 Å². The lowest BCUT2D eigenvalue weighted by molar-refractivity contribution is 0.862. The van der Waals surface area contributed by atoms with Gasteiger partial charge in [-0.05, 0) is 19.3 Å². The van der Waals surface area contributed by atoms with Gasteiger partial charge in [0.25, 0.3) is 0 Å². The van der Waals surface area contributed by atoms with E-state index in [1.54, 1.807) is 0 Å². The minimum atomic E-state index is 0.774. The highest BCUT2D eigenvalue weighted by Gasteiger charge is 2.17. The predicted octanol–water partition coefficient (Wildman–Crippen LogP) is 3.68. The molecule has 0 radical (unpaired) electrons. The van der Waals surface area contributed by atoms with Gasteiger partial charge in [-0.3, -0.25) is 0 Å². The van der Waals surface area contributed by atoms with Crippen molar-refractivity contribution >= 4 is 23.4 Å². The van der Waals surface area contributed by atoms with Crippen LogP contribution in [-0.2, 0) is 0 Å². The summed E-state index contributed by atoms with van der Waals surface area (Å²) in [6.07, 6.45) is 6.95. The van der Waals surface area contributed by atoms with Crippen molar-refractivity contribution in [3.05, 3.63) is 0 Å². The Bertz CT molecular complexity index is 99.7. The molecule has 66 valence electrons. The molecule has 0 aromatic heterocycles. The molecule has 0 aromatic carbocycles. The van der Waals surface area contributed by atoms with Crippen molar-refractivity contribution in [1.29, 1.82) is 0 Å². The first-order valence-electron chi connectivity index (χ1n) is 4.54. The summed E-state index contributed by atoms with van der Waals surface area (Å²) in [7, 11) is 0. The highest BCUT2D eigenvalue weighted by Crippen LogP contribution is 2.33. The molecule has 1 unspecified atom stereocenters. The summed E-state index contributed by atoms with van der Waals surface area (Å²) in [5, 5.41) is 1.73. The maximum Gasteiger partial charge on any atom is 0.0233 e. The van der Waals surface area contributed by atoms with E-state index in [1.165, 1.54) is 32.1 Å². The van der Waals surface area contributed by atoms with Gasteiger partial charge in [-0.25, -0.2) is 0 Å². The Hall–Kier alpha value is 0.640. The Balaban J connectivity index is 2.08. The Labute approximate surface area is 79.1 Å². The monoisotopic (exact) mass is 192 g/mol. The molecule has 1 saturated carbocycles. The van der Waals surface area contributed by atoms with Crippen LogP contribution in [0.25, 0.3) is 0 Å². The third-order valence-corrected chi connectivity index (χ3v) is 4.02. The lowest BCUT2D eigenvalue weighted by Gasteiger charge is -2.14. The highest BCUT2D eigenvalue weighted by atomic mass is 35.5. The average molecular weight is 193 g/mol. The molecule has 0 spiro atoms. The van der Waals surface area contributed by atoms with Crippen LogP contribution in [0.1, 0.15) is 39.0 Å². The summed E-state index contributed by atoms with van der Waals surface area (Å²) in [6.45, 7) is 2.30. The van der Waals surface area contributed by atoms with Gasteiger partial charge in [0, 0.05) is 16.4 Å². The maximum absolute atomic E-state index is 5.67. The molecule has 0 nitrogen and oxygen atoms in total. The standard InChI is InChI=1S/C9H17ClS/c1-8(6-7-10)11-9-4-2-3-5-9/h8-9H,2-7H2,1H3. The van der Waals surface area contributed by atoms with Crippen LogP contribution in [0.3, 0.4) is 0 Å². The quantitative estimate of drug-likeness (QED) is 0.613. The first kappa shape index (κ1) is 9.73. The molecule has 0 N–H and O–H groups in total. The summed E-state index contributed by atoms with van der Waals surface area (Å²) in [4.78, 5) is 0. The van der Waals surface area contributed by atoms with Crippen molar-refractivity contribution in [2.75, 3.05) is 5.88 Å². The summed E-state index contributed by atoms with van der Waals surface area (Å²) in [5.41, 5.74) is 0. The summed E-state index contributed by atoms with van der Waals surface area (Å²) in [6, 6.07) is 0. The van der Waals surface area contributed by atoms with Crippen molar-refractivity contribution in [3.8, 4) is 0 Å². The fraction of sp³-hybridized carbons (Fsp3) is 1.00. The minimum Gasteiger partial charge on any atom is -0.155 e. The zero-order valence-corrected chi connectivity index (χ0v) is 8.76. The third kappa shape index (κ3) is 3.71. The van der Waals surface area contributed by atoms with Gasteiger partial charge in [-0.15, -0.1) is 11.6 Å². The molecular weight excluding hydrogens is 176 g/mol. The molecule has 11 heavy (non-hydrogen) atoms. The van der Waals surface area contributed by atoms with E-state index >= 15 is 0 Å². The fourth-order valence-electron chi connectivity index (χ4n) is 1.57. The Kier molecular flexibility index (Phi) is 4.70. The van der Waals surface area contributed by atoms with Crippen molar-refractivity contribution < 1.29 is 0 Å². The molecule has 1 atom stereocenters. The Morgan fingerprint density at radius 1 is 1.45 bits per heavy atom. The number of hydrogen-bond donors (Lipinski definition) is 0. The first-order chi connectivity index (χ1) is 5.33. The van der Waals surface area contributed by atoms with Crippen molar-refractivity contribution in [2.45, 2.75) is 49.5 Å². The molecule has 0 amide bonds. The van der Waals surface area contributed by atoms with Crippen molar-refractivity contribution in [1.82, 2.24) is 0 Å². The van der Waals surface area contributed by atoms with E-state index in [0.29, 0.717) is 0 Å². The van der Waals surface area contributed by atoms with Crippen LogP contribution in [0.2, 0.25) is 0 Å². The normalized spacial score (nSPS) is 22.4. The molecule has 0 aromatic rings. The van der Waals surface area contributed by atoms with Gasteiger partial charge >= 0.3 is 0 Å². The average Bonchev–Trinajstić information content (AvgIpc) is 2.40. The van der Waals surface area contributed by atoms with E-state index in [-0.39, 0.29) is 0 Å². The van der Waals surface area contributed by atoms with E-state index in [1.807, 2.05) is 0 Å². The van der Waals surface area contributed by atoms with Crippen LogP contribution < -0.4 is 0 Å². The zero-order valence-electron chi connectivity index (χ0n) is 7.18. The van der Waals surface area contributed by atoms with Crippen molar-refractivity contribution in [3.63, 3.8) is 0 Å². The number of thioether (sulfide) groups is 1. The number of alkyl halides is 1. The molecule has 0 saturated heterocycles. The SMILES string of the molecule is CC(CCCl)SC1CCCC1. The minimum absolute atomic E-state index is 0.774. The van der Waals surface area contributed by atoms with E-state index < -0.39 is 0 Å². The van der Waals surface area contributed by atoms with Gasteiger partial charge in [-0.2, -0.15) is 11.8 Å². The van der Waals surface area contributed by atoms with E-state index in [0.717, 1.165) is 16.4 Å². The Morgan fingerprint density at radius 2 is 2.09 bits per heavy atom. The second kappa shape index (κ2) is 5.31. The first-order valence-corrected chi connectivity index (χ1v) is 6.02. The highest BCUT2D eigenvalue weighted by molar-refractivity contribution is 8.00. The van der Waals surface area contributed by atoms with Gasteiger partial charge in [0.2, 0.25) is 0 Å². The van der Waals surface area contributed by atoms with Gasteiger partial charge in [0.05, 0.1) is 0 Å². The summed E-state index contributed by atoms with van der Waals surface area (Å²) >= 11 is 7.82. The second-order valence-electron chi connectivity index (χ2n) is 3.33. The third-order valence-electron chi connectivity index (χ3n) is 2.24. The zero-order chi connectivity index (χ0) is 8.10. The number of hydrogen-bond acceptors (Lipinski definition) is 1. The van der Waals surface area contributed by atoms with E-state index in [4.69, 9.17) is 11.6 Å². The van der Waals surface area contributed by atoms with Crippen LogP contribution in [0, 0.1) is 0 Å². The maximum atomic E-state index is 5.67. The largest absolute Gasteiger partial charge is 0.155 e. The molecule has 0 heterocycles. The smallest absolute Gasteiger partial charge is 0.0233 e. The van der Waals surface area contributed by atoms with Crippen LogP contribution in [-0.4, -0.2) is 16.4 Å². The van der Waals surface area contributed by atoms with Crippen LogP contribution in [0.15, 0.2) is 0 Å². The molecule has 1 rings (SSSR count). The number of rotatable bonds is 4. The topological polar surface area (TPSA) is 0 Å². The number of halogens is 1. The molecule has 1 fully saturated rings. The second-order valence-corrected chi connectivity index (χ2v) is 5.45. The summed E-state index contributed by atoms with van der Waals surface area (Å²) < 4.78 is 0. The van der Waals surface area contributed by atoms with Crippen LogP contribution >= 0.6 is 23.4 Å². The molecule has 2 heteroatoms. The molecule has 0 aliphatic heterocycles. The molecule has 1 aliphatic carbocycles. The van der Waals surface area contributed by atoms with Crippen molar-refractivity contribution in [2.24, 2.45) is 0 Å². The fourth-order valence-corrected chi connectivity index (χ4v) is 3.55. The van der Waals surface area contributed by atoms with E-state index in [9.17, 15) is 0 Å². The van der Waals surface area contributed by atoms with E-state index in [2.05, 4.69) is 18.7 Å².